The van der Waals surface area contributed by atoms with E-state index in [9.17, 15) is 0 Å². The summed E-state index contributed by atoms with van der Waals surface area (Å²) in [6, 6.07) is 2.44. The molecule has 2 N–H and O–H groups in total. The van der Waals surface area contributed by atoms with Gasteiger partial charge in [-0.05, 0) is 32.4 Å². The van der Waals surface area contributed by atoms with Gasteiger partial charge in [0.2, 0.25) is 0 Å². The molecule has 2 rings (SSSR count). The lowest BCUT2D eigenvalue weighted by Crippen LogP contribution is -2.11. The fourth-order valence-electron chi connectivity index (χ4n) is 1.81. The monoisotopic (exact) mass is 233 g/mol. The van der Waals surface area contributed by atoms with E-state index in [4.69, 9.17) is 5.73 Å². The third kappa shape index (κ3) is 2.55. The summed E-state index contributed by atoms with van der Waals surface area (Å²) in [5.74, 6) is 0.965. The Bertz CT molecular complexity index is 481. The molecule has 0 spiro atoms. The van der Waals surface area contributed by atoms with Crippen LogP contribution in [0.15, 0.2) is 24.8 Å². The fourth-order valence-corrected chi connectivity index (χ4v) is 1.81. The molecule has 0 bridgehead atoms. The first-order valence-electron chi connectivity index (χ1n) is 5.87. The van der Waals surface area contributed by atoms with Crippen LogP contribution in [0.5, 0.6) is 0 Å². The van der Waals surface area contributed by atoms with Crippen LogP contribution in [0.1, 0.15) is 44.2 Å². The van der Waals surface area contributed by atoms with Gasteiger partial charge in [-0.15, -0.1) is 0 Å². The summed E-state index contributed by atoms with van der Waals surface area (Å²) in [4.78, 5) is 4.29. The molecule has 2 aromatic heterocycles. The first kappa shape index (κ1) is 11.9. The maximum Gasteiger partial charge on any atom is 0.147 e. The second kappa shape index (κ2) is 4.71. The molecule has 0 saturated carbocycles. The minimum atomic E-state index is 0.0687. The number of rotatable bonds is 4. The van der Waals surface area contributed by atoms with Gasteiger partial charge >= 0.3 is 0 Å². The molecule has 0 aliphatic rings. The van der Waals surface area contributed by atoms with Crippen molar-refractivity contribution in [2.24, 2.45) is 5.73 Å². The molecule has 0 aliphatic carbocycles. The van der Waals surface area contributed by atoms with E-state index in [1.54, 1.807) is 6.33 Å². The highest BCUT2D eigenvalue weighted by atomic mass is 15.4. The van der Waals surface area contributed by atoms with Gasteiger partial charge in [-0.3, -0.25) is 0 Å². The molecule has 0 fully saturated rings. The van der Waals surface area contributed by atoms with Crippen molar-refractivity contribution in [2.45, 2.75) is 39.4 Å². The summed E-state index contributed by atoms with van der Waals surface area (Å²) in [6.45, 7) is 6.91. The molecule has 0 amide bonds. The summed E-state index contributed by atoms with van der Waals surface area (Å²) in [6.07, 6.45) is 5.69. The molecule has 17 heavy (non-hydrogen) atoms. The summed E-state index contributed by atoms with van der Waals surface area (Å²) < 4.78 is 4.02. The molecule has 5 heteroatoms. The standard InChI is InChI=1S/C12H19N5/c1-9(2)17-12(14-8-15-17)7-16-5-4-11(6-16)10(3)13/h4-6,8-10H,7,13H2,1-3H3. The normalized spacial score (nSPS) is 13.2. The molecular weight excluding hydrogens is 214 g/mol. The lowest BCUT2D eigenvalue weighted by Gasteiger charge is -2.09. The molecule has 2 aromatic rings. The maximum atomic E-state index is 5.83. The predicted octanol–water partition coefficient (Wildman–Crippen LogP) is 1.73. The Morgan fingerprint density at radius 1 is 1.35 bits per heavy atom. The maximum absolute atomic E-state index is 5.83. The lowest BCUT2D eigenvalue weighted by atomic mass is 10.2. The van der Waals surface area contributed by atoms with Crippen molar-refractivity contribution in [1.82, 2.24) is 19.3 Å². The van der Waals surface area contributed by atoms with Crippen molar-refractivity contribution in [1.29, 1.82) is 0 Å². The van der Waals surface area contributed by atoms with Crippen LogP contribution in [0, 0.1) is 0 Å². The second-order valence-corrected chi connectivity index (χ2v) is 4.62. The minimum Gasteiger partial charge on any atom is -0.346 e. The van der Waals surface area contributed by atoms with E-state index < -0.39 is 0 Å². The van der Waals surface area contributed by atoms with Crippen LogP contribution >= 0.6 is 0 Å². The Morgan fingerprint density at radius 3 is 2.71 bits per heavy atom. The van der Waals surface area contributed by atoms with Gasteiger partial charge in [0, 0.05) is 24.5 Å². The first-order valence-corrected chi connectivity index (χ1v) is 5.87. The van der Waals surface area contributed by atoms with Crippen LogP contribution in [0.25, 0.3) is 0 Å². The summed E-state index contributed by atoms with van der Waals surface area (Å²) in [7, 11) is 0. The molecule has 2 heterocycles. The molecular formula is C12H19N5. The number of aromatic nitrogens is 4. The van der Waals surface area contributed by atoms with Crippen molar-refractivity contribution in [2.75, 3.05) is 0 Å². The zero-order valence-electron chi connectivity index (χ0n) is 10.5. The van der Waals surface area contributed by atoms with Gasteiger partial charge in [0.05, 0.1) is 6.54 Å². The molecule has 0 saturated heterocycles. The molecule has 5 nitrogen and oxygen atoms in total. The largest absolute Gasteiger partial charge is 0.346 e. The molecule has 1 atom stereocenters. The zero-order valence-corrected chi connectivity index (χ0v) is 10.5. The van der Waals surface area contributed by atoms with Gasteiger partial charge in [-0.2, -0.15) is 5.10 Å². The zero-order chi connectivity index (χ0) is 12.4. The van der Waals surface area contributed by atoms with E-state index in [0.29, 0.717) is 6.04 Å². The number of hydrogen-bond acceptors (Lipinski definition) is 3. The van der Waals surface area contributed by atoms with Gasteiger partial charge in [-0.25, -0.2) is 9.67 Å². The Labute approximate surface area is 101 Å². The second-order valence-electron chi connectivity index (χ2n) is 4.62. The molecule has 0 aromatic carbocycles. The highest BCUT2D eigenvalue weighted by Gasteiger charge is 2.08. The number of hydrogen-bond donors (Lipinski definition) is 1. The van der Waals surface area contributed by atoms with Crippen molar-refractivity contribution in [3.8, 4) is 0 Å². The third-order valence-electron chi connectivity index (χ3n) is 2.76. The SMILES string of the molecule is CC(N)c1ccn(Cc2ncnn2C(C)C)c1. The summed E-state index contributed by atoms with van der Waals surface area (Å²) in [5, 5.41) is 4.22. The van der Waals surface area contributed by atoms with E-state index in [1.807, 2.05) is 23.9 Å². The van der Waals surface area contributed by atoms with Crippen LogP contribution in [0.3, 0.4) is 0 Å². The van der Waals surface area contributed by atoms with Crippen LogP contribution < -0.4 is 5.73 Å². The van der Waals surface area contributed by atoms with E-state index in [1.165, 1.54) is 0 Å². The number of nitrogens with zero attached hydrogens (tertiary/aromatic N) is 4. The van der Waals surface area contributed by atoms with Gasteiger partial charge in [0.1, 0.15) is 12.2 Å². The molecule has 92 valence electrons. The van der Waals surface area contributed by atoms with Gasteiger partial charge in [0.15, 0.2) is 0 Å². The van der Waals surface area contributed by atoms with E-state index in [2.05, 4.69) is 34.7 Å². The summed E-state index contributed by atoms with van der Waals surface area (Å²) in [5.41, 5.74) is 6.97. The molecule has 1 unspecified atom stereocenters. The van der Waals surface area contributed by atoms with Gasteiger partial charge in [0.25, 0.3) is 0 Å². The van der Waals surface area contributed by atoms with E-state index >= 15 is 0 Å². The van der Waals surface area contributed by atoms with Crippen LogP contribution in [-0.4, -0.2) is 19.3 Å². The highest BCUT2D eigenvalue weighted by molar-refractivity contribution is 5.14. The predicted molar refractivity (Wildman–Crippen MR) is 66.5 cm³/mol. The first-order chi connectivity index (χ1) is 8.08. The average molecular weight is 233 g/mol. The van der Waals surface area contributed by atoms with Crippen molar-refractivity contribution < 1.29 is 0 Å². The Kier molecular flexibility index (Phi) is 3.28. The fraction of sp³-hybridized carbons (Fsp3) is 0.500. The molecule has 0 aliphatic heterocycles. The van der Waals surface area contributed by atoms with Crippen molar-refractivity contribution in [3.05, 3.63) is 36.2 Å². The lowest BCUT2D eigenvalue weighted by molar-refractivity contribution is 0.496. The third-order valence-corrected chi connectivity index (χ3v) is 2.76. The van der Waals surface area contributed by atoms with Crippen LogP contribution in [0.2, 0.25) is 0 Å². The van der Waals surface area contributed by atoms with Crippen LogP contribution in [-0.2, 0) is 6.54 Å². The van der Waals surface area contributed by atoms with Crippen molar-refractivity contribution in [3.63, 3.8) is 0 Å². The van der Waals surface area contributed by atoms with Crippen LogP contribution in [0.4, 0.5) is 0 Å². The average Bonchev–Trinajstić information content (AvgIpc) is 2.86. The smallest absolute Gasteiger partial charge is 0.147 e. The minimum absolute atomic E-state index is 0.0687. The van der Waals surface area contributed by atoms with Gasteiger partial charge in [-0.1, -0.05) is 0 Å². The molecule has 0 radical (unpaired) electrons. The van der Waals surface area contributed by atoms with E-state index in [0.717, 1.165) is 17.9 Å². The van der Waals surface area contributed by atoms with Crippen molar-refractivity contribution >= 4 is 0 Å². The van der Waals surface area contributed by atoms with E-state index in [-0.39, 0.29) is 6.04 Å². The Balaban J connectivity index is 2.17. The summed E-state index contributed by atoms with van der Waals surface area (Å²) >= 11 is 0. The highest BCUT2D eigenvalue weighted by Crippen LogP contribution is 2.12. The Morgan fingerprint density at radius 2 is 2.12 bits per heavy atom. The topological polar surface area (TPSA) is 61.7 Å². The Hall–Kier alpha value is -1.62. The quantitative estimate of drug-likeness (QED) is 0.874. The number of nitrogens with two attached hydrogens (primary N) is 1. The van der Waals surface area contributed by atoms with Gasteiger partial charge < -0.3 is 10.3 Å².